The summed E-state index contributed by atoms with van der Waals surface area (Å²) >= 11 is 0. The Bertz CT molecular complexity index is 225. The van der Waals surface area contributed by atoms with Crippen molar-refractivity contribution in [3.05, 3.63) is 0 Å². The van der Waals surface area contributed by atoms with Crippen LogP contribution in [0.4, 0.5) is 0 Å². The lowest BCUT2D eigenvalue weighted by Crippen LogP contribution is -2.45. The van der Waals surface area contributed by atoms with Crippen molar-refractivity contribution in [2.75, 3.05) is 33.3 Å². The Balaban J connectivity index is 2.27. The van der Waals surface area contributed by atoms with Crippen molar-refractivity contribution in [3.63, 3.8) is 0 Å². The zero-order valence-corrected chi connectivity index (χ0v) is 11.2. The second kappa shape index (κ2) is 7.67. The fourth-order valence-corrected chi connectivity index (χ4v) is 2.39. The minimum Gasteiger partial charge on any atom is -0.396 e. The Labute approximate surface area is 105 Å². The number of unbranched alkanes of at least 4 members (excludes halogenated alkanes) is 1. The molecule has 100 valence electrons. The van der Waals surface area contributed by atoms with Gasteiger partial charge in [0.15, 0.2) is 0 Å². The highest BCUT2D eigenvalue weighted by Crippen LogP contribution is 2.16. The predicted octanol–water partition coefficient (Wildman–Crippen LogP) is 1.09. The van der Waals surface area contributed by atoms with Gasteiger partial charge in [0.05, 0.1) is 0 Å². The van der Waals surface area contributed by atoms with Gasteiger partial charge in [-0.3, -0.25) is 4.79 Å². The van der Waals surface area contributed by atoms with Gasteiger partial charge in [0, 0.05) is 39.2 Å². The summed E-state index contributed by atoms with van der Waals surface area (Å²) in [7, 11) is 1.92. The van der Waals surface area contributed by atoms with Crippen molar-refractivity contribution >= 4 is 5.91 Å². The maximum Gasteiger partial charge on any atom is 0.222 e. The number of rotatable bonds is 6. The van der Waals surface area contributed by atoms with Gasteiger partial charge in [-0.2, -0.15) is 0 Å². The van der Waals surface area contributed by atoms with Gasteiger partial charge in [0.25, 0.3) is 0 Å². The molecule has 0 aromatic rings. The summed E-state index contributed by atoms with van der Waals surface area (Å²) in [5.41, 5.74) is 0. The first kappa shape index (κ1) is 14.5. The van der Waals surface area contributed by atoms with E-state index in [1.807, 2.05) is 11.9 Å². The summed E-state index contributed by atoms with van der Waals surface area (Å²) in [5.74, 6) is 0.230. The second-order valence-electron chi connectivity index (χ2n) is 4.85. The van der Waals surface area contributed by atoms with E-state index in [0.29, 0.717) is 12.5 Å². The van der Waals surface area contributed by atoms with E-state index in [1.54, 1.807) is 0 Å². The Morgan fingerprint density at radius 3 is 2.53 bits per heavy atom. The van der Waals surface area contributed by atoms with E-state index in [9.17, 15) is 4.79 Å². The molecule has 4 heteroatoms. The first-order valence-electron chi connectivity index (χ1n) is 6.78. The highest BCUT2D eigenvalue weighted by Gasteiger charge is 2.24. The van der Waals surface area contributed by atoms with E-state index in [2.05, 4.69) is 11.8 Å². The highest BCUT2D eigenvalue weighted by molar-refractivity contribution is 5.76. The van der Waals surface area contributed by atoms with Gasteiger partial charge < -0.3 is 14.9 Å². The van der Waals surface area contributed by atoms with Gasteiger partial charge in [-0.15, -0.1) is 0 Å². The van der Waals surface area contributed by atoms with Crippen LogP contribution in [0.3, 0.4) is 0 Å². The van der Waals surface area contributed by atoms with Crippen molar-refractivity contribution < 1.29 is 9.90 Å². The fourth-order valence-electron chi connectivity index (χ4n) is 2.39. The minimum atomic E-state index is 0.186. The van der Waals surface area contributed by atoms with Gasteiger partial charge in [0.1, 0.15) is 0 Å². The first-order valence-corrected chi connectivity index (χ1v) is 6.78. The Kier molecular flexibility index (Phi) is 6.52. The number of carbonyl (C=O) groups excluding carboxylic acids is 1. The van der Waals surface area contributed by atoms with Crippen LogP contribution in [0.5, 0.6) is 0 Å². The van der Waals surface area contributed by atoms with E-state index < -0.39 is 0 Å². The third-order valence-corrected chi connectivity index (χ3v) is 3.74. The molecule has 17 heavy (non-hydrogen) atoms. The van der Waals surface area contributed by atoms with E-state index >= 15 is 0 Å². The summed E-state index contributed by atoms with van der Waals surface area (Å²) in [4.78, 5) is 16.3. The van der Waals surface area contributed by atoms with Crippen LogP contribution in [0.2, 0.25) is 0 Å². The molecule has 1 saturated heterocycles. The van der Waals surface area contributed by atoms with Crippen molar-refractivity contribution in [2.45, 2.75) is 45.1 Å². The van der Waals surface area contributed by atoms with Gasteiger partial charge in [-0.25, -0.2) is 0 Å². The maximum absolute atomic E-state index is 11.9. The number of aliphatic hydroxyl groups is 1. The molecule has 4 nitrogen and oxygen atoms in total. The Hall–Kier alpha value is -0.610. The molecule has 1 N–H and O–H groups in total. The third kappa shape index (κ3) is 4.64. The van der Waals surface area contributed by atoms with Crippen molar-refractivity contribution in [1.29, 1.82) is 0 Å². The molecule has 0 spiro atoms. The number of hydrogen-bond acceptors (Lipinski definition) is 3. The molecular weight excluding hydrogens is 216 g/mol. The molecule has 1 aliphatic rings. The number of hydrogen-bond donors (Lipinski definition) is 1. The summed E-state index contributed by atoms with van der Waals surface area (Å²) in [5, 5.41) is 8.69. The van der Waals surface area contributed by atoms with Gasteiger partial charge >= 0.3 is 0 Å². The molecule has 0 bridgehead atoms. The van der Waals surface area contributed by atoms with Crippen LogP contribution in [-0.4, -0.2) is 60.1 Å². The SMILES string of the molecule is CCN1CCC(N(C)C(=O)CCCCO)CC1. The van der Waals surface area contributed by atoms with Crippen LogP contribution >= 0.6 is 0 Å². The molecule has 1 amide bonds. The van der Waals surface area contributed by atoms with Gasteiger partial charge in [-0.1, -0.05) is 6.92 Å². The van der Waals surface area contributed by atoms with Crippen LogP contribution in [0, 0.1) is 0 Å². The highest BCUT2D eigenvalue weighted by atomic mass is 16.3. The summed E-state index contributed by atoms with van der Waals surface area (Å²) < 4.78 is 0. The lowest BCUT2D eigenvalue weighted by Gasteiger charge is -2.36. The number of amides is 1. The summed E-state index contributed by atoms with van der Waals surface area (Å²) in [6.07, 6.45) is 4.29. The average molecular weight is 242 g/mol. The number of piperidine rings is 1. The molecule has 0 saturated carbocycles. The van der Waals surface area contributed by atoms with Crippen molar-refractivity contribution in [2.24, 2.45) is 0 Å². The van der Waals surface area contributed by atoms with Gasteiger partial charge in [0.2, 0.25) is 5.91 Å². The van der Waals surface area contributed by atoms with E-state index in [1.165, 1.54) is 0 Å². The number of likely N-dealkylation sites (tertiary alicyclic amines) is 1. The Morgan fingerprint density at radius 2 is 2.00 bits per heavy atom. The number of carbonyl (C=O) groups is 1. The van der Waals surface area contributed by atoms with Crippen LogP contribution < -0.4 is 0 Å². The zero-order chi connectivity index (χ0) is 12.7. The van der Waals surface area contributed by atoms with E-state index in [-0.39, 0.29) is 12.5 Å². The monoisotopic (exact) mass is 242 g/mol. The fraction of sp³-hybridized carbons (Fsp3) is 0.923. The van der Waals surface area contributed by atoms with E-state index in [4.69, 9.17) is 5.11 Å². The molecule has 1 rings (SSSR count). The smallest absolute Gasteiger partial charge is 0.222 e. The minimum absolute atomic E-state index is 0.186. The quantitative estimate of drug-likeness (QED) is 0.709. The van der Waals surface area contributed by atoms with E-state index in [0.717, 1.165) is 45.3 Å². The second-order valence-corrected chi connectivity index (χ2v) is 4.85. The summed E-state index contributed by atoms with van der Waals surface area (Å²) in [6, 6.07) is 0.416. The normalized spacial score (nSPS) is 18.3. The zero-order valence-electron chi connectivity index (χ0n) is 11.2. The molecule has 1 aliphatic heterocycles. The van der Waals surface area contributed by atoms with Crippen LogP contribution in [0.15, 0.2) is 0 Å². The summed E-state index contributed by atoms with van der Waals surface area (Å²) in [6.45, 7) is 5.70. The topological polar surface area (TPSA) is 43.8 Å². The van der Waals surface area contributed by atoms with Crippen LogP contribution in [-0.2, 0) is 4.79 Å². The molecule has 1 fully saturated rings. The largest absolute Gasteiger partial charge is 0.396 e. The average Bonchev–Trinajstić information content (AvgIpc) is 2.38. The number of aliphatic hydroxyl groups excluding tert-OH is 1. The molecule has 0 unspecified atom stereocenters. The van der Waals surface area contributed by atoms with Crippen molar-refractivity contribution in [1.82, 2.24) is 9.80 Å². The maximum atomic E-state index is 11.9. The number of nitrogens with zero attached hydrogens (tertiary/aromatic N) is 2. The molecule has 0 atom stereocenters. The van der Waals surface area contributed by atoms with Gasteiger partial charge in [-0.05, 0) is 32.2 Å². The van der Waals surface area contributed by atoms with Crippen molar-refractivity contribution in [3.8, 4) is 0 Å². The molecule has 1 heterocycles. The Morgan fingerprint density at radius 1 is 1.35 bits per heavy atom. The third-order valence-electron chi connectivity index (χ3n) is 3.74. The lowest BCUT2D eigenvalue weighted by molar-refractivity contribution is -0.133. The van der Waals surface area contributed by atoms with Crippen LogP contribution in [0.1, 0.15) is 39.0 Å². The predicted molar refractivity (Wildman–Crippen MR) is 68.8 cm³/mol. The molecule has 0 aromatic carbocycles. The lowest BCUT2D eigenvalue weighted by atomic mass is 10.0. The standard InChI is InChI=1S/C13H26N2O2/c1-3-15-9-7-12(8-10-15)14(2)13(17)6-4-5-11-16/h12,16H,3-11H2,1-2H3. The molecule has 0 aliphatic carbocycles. The first-order chi connectivity index (χ1) is 8.19. The molecular formula is C13H26N2O2. The van der Waals surface area contributed by atoms with Crippen LogP contribution in [0.25, 0.3) is 0 Å². The molecule has 0 radical (unpaired) electrons. The molecule has 0 aromatic heterocycles.